The van der Waals surface area contributed by atoms with Crippen molar-refractivity contribution in [3.63, 3.8) is 0 Å². The van der Waals surface area contributed by atoms with E-state index >= 15 is 0 Å². The average molecular weight is 201 g/mol. The summed E-state index contributed by atoms with van der Waals surface area (Å²) in [6.45, 7) is 4.81. The van der Waals surface area contributed by atoms with Gasteiger partial charge in [-0.05, 0) is 56.0 Å². The second-order valence-electron chi connectivity index (χ2n) is 5.26. The van der Waals surface area contributed by atoms with Gasteiger partial charge in [-0.25, -0.2) is 0 Å². The summed E-state index contributed by atoms with van der Waals surface area (Å²) in [7, 11) is 2.25. The zero-order valence-corrected chi connectivity index (χ0v) is 9.66. The summed E-state index contributed by atoms with van der Waals surface area (Å²) in [5, 5.41) is 0. The van der Waals surface area contributed by atoms with Crippen molar-refractivity contribution >= 4 is 0 Å². The van der Waals surface area contributed by atoms with E-state index in [1.807, 2.05) is 0 Å². The Balaban J connectivity index is 2.01. The molecule has 0 amide bonds. The molecular formula is C14H19N. The topological polar surface area (TPSA) is 3.24 Å². The van der Waals surface area contributed by atoms with Gasteiger partial charge in [-0.15, -0.1) is 0 Å². The SMILES string of the molecule is Cc1cccc2c1CC1CCN(C)CC21. The van der Waals surface area contributed by atoms with Crippen molar-refractivity contribution in [2.24, 2.45) is 5.92 Å². The molecule has 0 aromatic heterocycles. The van der Waals surface area contributed by atoms with Crippen LogP contribution < -0.4 is 0 Å². The van der Waals surface area contributed by atoms with Crippen LogP contribution in [0, 0.1) is 12.8 Å². The minimum absolute atomic E-state index is 0.818. The number of likely N-dealkylation sites (tertiary alicyclic amines) is 1. The van der Waals surface area contributed by atoms with Crippen molar-refractivity contribution in [3.8, 4) is 0 Å². The number of nitrogens with zero attached hydrogens (tertiary/aromatic N) is 1. The molecule has 1 aromatic rings. The van der Waals surface area contributed by atoms with Crippen LogP contribution in [-0.2, 0) is 6.42 Å². The van der Waals surface area contributed by atoms with E-state index in [-0.39, 0.29) is 0 Å². The van der Waals surface area contributed by atoms with E-state index in [0.29, 0.717) is 0 Å². The van der Waals surface area contributed by atoms with Crippen LogP contribution >= 0.6 is 0 Å². The van der Waals surface area contributed by atoms with Crippen LogP contribution in [0.25, 0.3) is 0 Å². The van der Waals surface area contributed by atoms with Crippen LogP contribution in [0.4, 0.5) is 0 Å². The first-order chi connectivity index (χ1) is 7.25. The predicted octanol–water partition coefficient (Wildman–Crippen LogP) is 2.59. The van der Waals surface area contributed by atoms with Crippen molar-refractivity contribution < 1.29 is 0 Å². The van der Waals surface area contributed by atoms with Gasteiger partial charge in [-0.3, -0.25) is 0 Å². The van der Waals surface area contributed by atoms with Gasteiger partial charge < -0.3 is 4.90 Å². The molecule has 0 saturated carbocycles. The normalized spacial score (nSPS) is 30.0. The monoisotopic (exact) mass is 201 g/mol. The minimum Gasteiger partial charge on any atom is -0.306 e. The molecule has 80 valence electrons. The number of likely N-dealkylation sites (N-methyl/N-ethyl adjacent to an activating group) is 1. The maximum atomic E-state index is 2.48. The fraction of sp³-hybridized carbons (Fsp3) is 0.571. The summed E-state index contributed by atoms with van der Waals surface area (Å²) in [5.74, 6) is 1.75. The van der Waals surface area contributed by atoms with Crippen molar-refractivity contribution in [1.82, 2.24) is 4.90 Å². The summed E-state index contributed by atoms with van der Waals surface area (Å²) in [4.78, 5) is 2.48. The lowest BCUT2D eigenvalue weighted by Crippen LogP contribution is -2.34. The maximum Gasteiger partial charge on any atom is 0.00501 e. The highest BCUT2D eigenvalue weighted by molar-refractivity contribution is 5.42. The summed E-state index contributed by atoms with van der Waals surface area (Å²) < 4.78 is 0. The second kappa shape index (κ2) is 3.34. The van der Waals surface area contributed by atoms with Crippen LogP contribution in [-0.4, -0.2) is 25.0 Å². The number of hydrogen-bond acceptors (Lipinski definition) is 1. The summed E-state index contributed by atoms with van der Waals surface area (Å²) in [5.41, 5.74) is 4.80. The first-order valence-corrected chi connectivity index (χ1v) is 6.02. The van der Waals surface area contributed by atoms with Crippen LogP contribution in [0.3, 0.4) is 0 Å². The number of hydrogen-bond donors (Lipinski definition) is 0. The highest BCUT2D eigenvalue weighted by Gasteiger charge is 2.36. The molecule has 15 heavy (non-hydrogen) atoms. The van der Waals surface area contributed by atoms with Crippen molar-refractivity contribution in [1.29, 1.82) is 0 Å². The third-order valence-electron chi connectivity index (χ3n) is 4.27. The Morgan fingerprint density at radius 2 is 2.20 bits per heavy atom. The van der Waals surface area contributed by atoms with Crippen LogP contribution in [0.5, 0.6) is 0 Å². The molecule has 3 rings (SSSR count). The molecular weight excluding hydrogens is 182 g/mol. The van der Waals surface area contributed by atoms with E-state index in [0.717, 1.165) is 11.8 Å². The Labute approximate surface area is 92.1 Å². The lowest BCUT2D eigenvalue weighted by molar-refractivity contribution is 0.200. The van der Waals surface area contributed by atoms with Gasteiger partial charge in [0.15, 0.2) is 0 Å². The van der Waals surface area contributed by atoms with E-state index in [1.54, 1.807) is 11.1 Å². The van der Waals surface area contributed by atoms with Crippen molar-refractivity contribution in [2.45, 2.75) is 25.7 Å². The van der Waals surface area contributed by atoms with E-state index < -0.39 is 0 Å². The zero-order chi connectivity index (χ0) is 10.4. The molecule has 1 aliphatic carbocycles. The molecule has 1 heteroatoms. The van der Waals surface area contributed by atoms with Gasteiger partial charge in [-0.2, -0.15) is 0 Å². The summed E-state index contributed by atoms with van der Waals surface area (Å²) in [6.07, 6.45) is 2.72. The number of piperidine rings is 1. The number of benzene rings is 1. The van der Waals surface area contributed by atoms with Gasteiger partial charge in [0.1, 0.15) is 0 Å². The third kappa shape index (κ3) is 1.41. The molecule has 0 spiro atoms. The smallest absolute Gasteiger partial charge is 0.00501 e. The molecule has 2 atom stereocenters. The number of fused-ring (bicyclic) bond motifs is 3. The lowest BCUT2D eigenvalue weighted by Gasteiger charge is -2.32. The zero-order valence-electron chi connectivity index (χ0n) is 9.66. The number of rotatable bonds is 0. The van der Waals surface area contributed by atoms with E-state index in [1.165, 1.54) is 31.5 Å². The molecule has 2 unspecified atom stereocenters. The Morgan fingerprint density at radius 3 is 3.07 bits per heavy atom. The first kappa shape index (κ1) is 9.41. The van der Waals surface area contributed by atoms with Gasteiger partial charge in [-0.1, -0.05) is 18.2 Å². The summed E-state index contributed by atoms with van der Waals surface area (Å²) in [6, 6.07) is 6.84. The summed E-state index contributed by atoms with van der Waals surface area (Å²) >= 11 is 0. The van der Waals surface area contributed by atoms with Crippen LogP contribution in [0.2, 0.25) is 0 Å². The maximum absolute atomic E-state index is 2.48. The van der Waals surface area contributed by atoms with Crippen molar-refractivity contribution in [3.05, 3.63) is 34.9 Å². The van der Waals surface area contributed by atoms with E-state index in [4.69, 9.17) is 0 Å². The Kier molecular flexibility index (Phi) is 2.10. The Bertz CT molecular complexity index is 383. The molecule has 1 aliphatic heterocycles. The van der Waals surface area contributed by atoms with Crippen molar-refractivity contribution in [2.75, 3.05) is 20.1 Å². The van der Waals surface area contributed by atoms with Gasteiger partial charge >= 0.3 is 0 Å². The molecule has 0 radical (unpaired) electrons. The fourth-order valence-electron chi connectivity index (χ4n) is 3.37. The molecule has 1 saturated heterocycles. The highest BCUT2D eigenvalue weighted by Crippen LogP contribution is 2.43. The predicted molar refractivity (Wildman–Crippen MR) is 63.2 cm³/mol. The molecule has 1 fully saturated rings. The second-order valence-corrected chi connectivity index (χ2v) is 5.26. The Morgan fingerprint density at radius 1 is 1.33 bits per heavy atom. The molecule has 1 aromatic carbocycles. The van der Waals surface area contributed by atoms with Gasteiger partial charge in [0, 0.05) is 12.5 Å². The molecule has 0 N–H and O–H groups in total. The quantitative estimate of drug-likeness (QED) is 0.623. The third-order valence-corrected chi connectivity index (χ3v) is 4.27. The fourth-order valence-corrected chi connectivity index (χ4v) is 3.37. The van der Waals surface area contributed by atoms with E-state index in [9.17, 15) is 0 Å². The molecule has 2 aliphatic rings. The first-order valence-electron chi connectivity index (χ1n) is 6.02. The number of aryl methyl sites for hydroxylation is 1. The van der Waals surface area contributed by atoms with Gasteiger partial charge in [0.2, 0.25) is 0 Å². The van der Waals surface area contributed by atoms with Gasteiger partial charge in [0.25, 0.3) is 0 Å². The molecule has 0 bridgehead atoms. The minimum atomic E-state index is 0.818. The van der Waals surface area contributed by atoms with E-state index in [2.05, 4.69) is 37.1 Å². The largest absolute Gasteiger partial charge is 0.306 e. The highest BCUT2D eigenvalue weighted by atomic mass is 15.1. The molecule has 1 nitrogen and oxygen atoms in total. The Hall–Kier alpha value is -0.820. The van der Waals surface area contributed by atoms with Gasteiger partial charge in [0.05, 0.1) is 0 Å². The van der Waals surface area contributed by atoms with Crippen LogP contribution in [0.1, 0.15) is 29.0 Å². The molecule has 1 heterocycles. The van der Waals surface area contributed by atoms with Crippen LogP contribution in [0.15, 0.2) is 18.2 Å². The average Bonchev–Trinajstić information content (AvgIpc) is 2.58. The standard InChI is InChI=1S/C14H19N/c1-10-4-3-5-12-13(10)8-11-6-7-15(2)9-14(11)12/h3-5,11,14H,6-9H2,1-2H3. The lowest BCUT2D eigenvalue weighted by atomic mass is 9.86.